The Bertz CT molecular complexity index is 263. The van der Waals surface area contributed by atoms with E-state index in [1.165, 1.54) is 7.05 Å². The van der Waals surface area contributed by atoms with E-state index >= 15 is 0 Å². The molecule has 0 aromatic carbocycles. The fraction of sp³-hybridized carbons (Fsp3) is 0.571. The van der Waals surface area contributed by atoms with E-state index in [1.807, 2.05) is 0 Å². The SMILES string of the molecule is CN1C(=O)N[C@H](CCC(=O)O)C1=O. The van der Waals surface area contributed by atoms with Crippen LogP contribution in [0.1, 0.15) is 12.8 Å². The van der Waals surface area contributed by atoms with Crippen LogP contribution in [0.3, 0.4) is 0 Å². The molecule has 1 rings (SSSR count). The molecule has 1 saturated heterocycles. The van der Waals surface area contributed by atoms with Crippen molar-refractivity contribution >= 4 is 17.9 Å². The molecular formula is C7H10N2O4. The minimum absolute atomic E-state index is 0.121. The van der Waals surface area contributed by atoms with Crippen molar-refractivity contribution in [3.05, 3.63) is 0 Å². The van der Waals surface area contributed by atoms with E-state index in [-0.39, 0.29) is 18.7 Å². The third-order valence-electron chi connectivity index (χ3n) is 1.88. The van der Waals surface area contributed by atoms with Crippen molar-refractivity contribution < 1.29 is 19.5 Å². The van der Waals surface area contributed by atoms with E-state index in [1.54, 1.807) is 0 Å². The summed E-state index contributed by atoms with van der Waals surface area (Å²) in [4.78, 5) is 33.2. The molecule has 1 aliphatic heterocycles. The van der Waals surface area contributed by atoms with Crippen LogP contribution < -0.4 is 5.32 Å². The summed E-state index contributed by atoms with van der Waals surface area (Å²) in [5.41, 5.74) is 0. The lowest BCUT2D eigenvalue weighted by Crippen LogP contribution is -2.29. The first-order chi connectivity index (χ1) is 6.02. The van der Waals surface area contributed by atoms with Crippen LogP contribution >= 0.6 is 0 Å². The average Bonchev–Trinajstić information content (AvgIpc) is 2.29. The number of imide groups is 1. The Hall–Kier alpha value is -1.59. The molecule has 6 heteroatoms. The molecule has 1 atom stereocenters. The molecule has 1 heterocycles. The maximum absolute atomic E-state index is 11.2. The predicted octanol–water partition coefficient (Wildman–Crippen LogP) is -0.599. The Morgan fingerprint density at radius 3 is 2.62 bits per heavy atom. The first kappa shape index (κ1) is 9.50. The van der Waals surface area contributed by atoms with Crippen LogP contribution in [0.2, 0.25) is 0 Å². The zero-order valence-electron chi connectivity index (χ0n) is 7.11. The van der Waals surface area contributed by atoms with Crippen molar-refractivity contribution in [1.82, 2.24) is 10.2 Å². The maximum Gasteiger partial charge on any atom is 0.324 e. The monoisotopic (exact) mass is 186 g/mol. The lowest BCUT2D eigenvalue weighted by molar-refractivity contribution is -0.137. The molecule has 0 aliphatic carbocycles. The molecule has 0 unspecified atom stereocenters. The molecule has 0 saturated carbocycles. The number of rotatable bonds is 3. The van der Waals surface area contributed by atoms with Gasteiger partial charge < -0.3 is 10.4 Å². The van der Waals surface area contributed by atoms with Gasteiger partial charge in [-0.05, 0) is 6.42 Å². The molecule has 1 aliphatic rings. The smallest absolute Gasteiger partial charge is 0.324 e. The van der Waals surface area contributed by atoms with Crippen molar-refractivity contribution in [3.8, 4) is 0 Å². The van der Waals surface area contributed by atoms with E-state index in [9.17, 15) is 14.4 Å². The quantitative estimate of drug-likeness (QED) is 0.576. The van der Waals surface area contributed by atoms with Crippen LogP contribution in [-0.4, -0.2) is 41.0 Å². The Balaban J connectivity index is 2.49. The molecule has 1 fully saturated rings. The Morgan fingerprint density at radius 2 is 2.23 bits per heavy atom. The number of urea groups is 1. The maximum atomic E-state index is 11.2. The Kier molecular flexibility index (Phi) is 2.50. The summed E-state index contributed by atoms with van der Waals surface area (Å²) >= 11 is 0. The number of carboxylic acids is 1. The standard InChI is InChI=1S/C7H10N2O4/c1-9-6(12)4(8-7(9)13)2-3-5(10)11/h4H,2-3H2,1H3,(H,8,13)(H,10,11)/t4-/m1/s1. The third-order valence-corrected chi connectivity index (χ3v) is 1.88. The van der Waals surface area contributed by atoms with E-state index in [2.05, 4.69) is 5.32 Å². The highest BCUT2D eigenvalue weighted by atomic mass is 16.4. The number of carbonyl (C=O) groups excluding carboxylic acids is 2. The van der Waals surface area contributed by atoms with Crippen LogP contribution in [0.15, 0.2) is 0 Å². The van der Waals surface area contributed by atoms with Gasteiger partial charge in [-0.15, -0.1) is 0 Å². The van der Waals surface area contributed by atoms with E-state index in [4.69, 9.17) is 5.11 Å². The first-order valence-electron chi connectivity index (χ1n) is 3.82. The second-order valence-electron chi connectivity index (χ2n) is 2.83. The summed E-state index contributed by atoms with van der Waals surface area (Å²) in [5.74, 6) is -1.34. The summed E-state index contributed by atoms with van der Waals surface area (Å²) in [6.45, 7) is 0. The van der Waals surface area contributed by atoms with Gasteiger partial charge in [0.1, 0.15) is 6.04 Å². The topological polar surface area (TPSA) is 86.7 Å². The van der Waals surface area contributed by atoms with Gasteiger partial charge >= 0.3 is 12.0 Å². The molecule has 13 heavy (non-hydrogen) atoms. The normalized spacial score (nSPS) is 21.9. The number of nitrogens with one attached hydrogen (secondary N) is 1. The van der Waals surface area contributed by atoms with Gasteiger partial charge in [0, 0.05) is 13.5 Å². The van der Waals surface area contributed by atoms with E-state index < -0.39 is 18.0 Å². The Labute approximate surface area is 74.5 Å². The number of carboxylic acid groups (broad SMARTS) is 1. The molecule has 72 valence electrons. The van der Waals surface area contributed by atoms with Gasteiger partial charge in [0.2, 0.25) is 0 Å². The van der Waals surface area contributed by atoms with Crippen LogP contribution in [-0.2, 0) is 9.59 Å². The van der Waals surface area contributed by atoms with Crippen LogP contribution in [0, 0.1) is 0 Å². The van der Waals surface area contributed by atoms with Gasteiger partial charge in [-0.2, -0.15) is 0 Å². The molecule has 6 nitrogen and oxygen atoms in total. The molecular weight excluding hydrogens is 176 g/mol. The largest absolute Gasteiger partial charge is 0.481 e. The lowest BCUT2D eigenvalue weighted by Gasteiger charge is -2.04. The summed E-state index contributed by atoms with van der Waals surface area (Å²) in [6, 6.07) is -1.14. The number of likely N-dealkylation sites (N-methyl/N-ethyl adjacent to an activating group) is 1. The van der Waals surface area contributed by atoms with Crippen molar-refractivity contribution in [3.63, 3.8) is 0 Å². The minimum Gasteiger partial charge on any atom is -0.481 e. The number of carbonyl (C=O) groups is 3. The van der Waals surface area contributed by atoms with Crippen LogP contribution in [0.25, 0.3) is 0 Å². The minimum atomic E-state index is -0.975. The number of aliphatic carboxylic acids is 1. The molecule has 0 bridgehead atoms. The fourth-order valence-electron chi connectivity index (χ4n) is 1.10. The highest BCUT2D eigenvalue weighted by Crippen LogP contribution is 2.08. The summed E-state index contributed by atoms with van der Waals surface area (Å²) in [7, 11) is 1.36. The highest BCUT2D eigenvalue weighted by molar-refractivity contribution is 6.03. The zero-order chi connectivity index (χ0) is 10.0. The van der Waals surface area contributed by atoms with Gasteiger partial charge in [-0.25, -0.2) is 4.79 Å². The summed E-state index contributed by atoms with van der Waals surface area (Å²) < 4.78 is 0. The average molecular weight is 186 g/mol. The molecule has 0 aromatic rings. The summed E-state index contributed by atoms with van der Waals surface area (Å²) in [5, 5.41) is 10.7. The molecule has 0 spiro atoms. The van der Waals surface area contributed by atoms with Crippen molar-refractivity contribution in [1.29, 1.82) is 0 Å². The first-order valence-corrected chi connectivity index (χ1v) is 3.82. The van der Waals surface area contributed by atoms with Crippen molar-refractivity contribution in [2.75, 3.05) is 7.05 Å². The van der Waals surface area contributed by atoms with Gasteiger partial charge in [0.15, 0.2) is 0 Å². The predicted molar refractivity (Wildman–Crippen MR) is 42.0 cm³/mol. The second-order valence-corrected chi connectivity index (χ2v) is 2.83. The number of hydrogen-bond acceptors (Lipinski definition) is 3. The highest BCUT2D eigenvalue weighted by Gasteiger charge is 2.34. The molecule has 0 aromatic heterocycles. The number of amides is 3. The second kappa shape index (κ2) is 3.42. The van der Waals surface area contributed by atoms with Gasteiger partial charge in [0.05, 0.1) is 0 Å². The van der Waals surface area contributed by atoms with Gasteiger partial charge in [0.25, 0.3) is 5.91 Å². The number of nitrogens with zero attached hydrogens (tertiary/aromatic N) is 1. The molecule has 3 amide bonds. The van der Waals surface area contributed by atoms with Crippen LogP contribution in [0.4, 0.5) is 4.79 Å². The molecule has 2 N–H and O–H groups in total. The lowest BCUT2D eigenvalue weighted by atomic mass is 10.1. The zero-order valence-corrected chi connectivity index (χ0v) is 7.11. The fourth-order valence-corrected chi connectivity index (χ4v) is 1.10. The van der Waals surface area contributed by atoms with Crippen molar-refractivity contribution in [2.24, 2.45) is 0 Å². The Morgan fingerprint density at radius 1 is 1.62 bits per heavy atom. The summed E-state index contributed by atoms with van der Waals surface area (Å²) in [6.07, 6.45) is 0.0226. The van der Waals surface area contributed by atoms with Crippen molar-refractivity contribution in [2.45, 2.75) is 18.9 Å². The van der Waals surface area contributed by atoms with E-state index in [0.29, 0.717) is 0 Å². The van der Waals surface area contributed by atoms with Crippen LogP contribution in [0.5, 0.6) is 0 Å². The third kappa shape index (κ3) is 1.95. The molecule has 0 radical (unpaired) electrons. The van der Waals surface area contributed by atoms with E-state index in [0.717, 1.165) is 4.90 Å². The number of hydrogen-bond donors (Lipinski definition) is 2. The van der Waals surface area contributed by atoms with Gasteiger partial charge in [-0.3, -0.25) is 14.5 Å². The van der Waals surface area contributed by atoms with Gasteiger partial charge in [-0.1, -0.05) is 0 Å².